The van der Waals surface area contributed by atoms with Crippen LogP contribution in [0, 0.1) is 11.3 Å². The van der Waals surface area contributed by atoms with Gasteiger partial charge in [0.15, 0.2) is 0 Å². The van der Waals surface area contributed by atoms with E-state index in [1.165, 1.54) is 6.20 Å². The van der Waals surface area contributed by atoms with Crippen LogP contribution >= 0.6 is 0 Å². The molecule has 2 amide bonds. The van der Waals surface area contributed by atoms with Gasteiger partial charge < -0.3 is 19.7 Å². The minimum absolute atomic E-state index is 0.0386. The maximum absolute atomic E-state index is 12.3. The second kappa shape index (κ2) is 7.64. The fraction of sp³-hybridized carbons (Fsp3) is 0.278. The number of hydrogen-bond acceptors (Lipinski definition) is 5. The normalized spacial score (nSPS) is 16.8. The van der Waals surface area contributed by atoms with Crippen molar-refractivity contribution in [1.29, 1.82) is 5.26 Å². The second-order valence-electron chi connectivity index (χ2n) is 5.67. The number of morpholine rings is 1. The smallest absolute Gasteiger partial charge is 0.322 e. The third-order valence-corrected chi connectivity index (χ3v) is 3.80. The summed E-state index contributed by atoms with van der Waals surface area (Å²) in [7, 11) is 0. The Morgan fingerprint density at radius 1 is 1.44 bits per heavy atom. The Kier molecular flexibility index (Phi) is 5.11. The van der Waals surface area contributed by atoms with Crippen molar-refractivity contribution in [2.75, 3.05) is 25.1 Å². The van der Waals surface area contributed by atoms with Gasteiger partial charge in [-0.2, -0.15) is 5.26 Å². The van der Waals surface area contributed by atoms with Crippen LogP contribution < -0.4 is 10.1 Å². The average molecular weight is 338 g/mol. The van der Waals surface area contributed by atoms with Gasteiger partial charge in [-0.1, -0.05) is 6.07 Å². The Hall–Kier alpha value is -3.11. The van der Waals surface area contributed by atoms with Crippen LogP contribution in [0.4, 0.5) is 10.5 Å². The number of nitrogens with zero attached hydrogens (tertiary/aromatic N) is 3. The van der Waals surface area contributed by atoms with E-state index in [0.29, 0.717) is 42.6 Å². The topological polar surface area (TPSA) is 87.5 Å². The molecule has 0 radical (unpaired) electrons. The largest absolute Gasteiger partial charge is 0.439 e. The Labute approximate surface area is 145 Å². The number of amides is 2. The van der Waals surface area contributed by atoms with Crippen LogP contribution in [-0.2, 0) is 4.74 Å². The van der Waals surface area contributed by atoms with Gasteiger partial charge >= 0.3 is 6.03 Å². The summed E-state index contributed by atoms with van der Waals surface area (Å²) in [5.74, 6) is 0.915. The first-order valence-electron chi connectivity index (χ1n) is 7.95. The Balaban J connectivity index is 1.62. The number of urea groups is 1. The molecule has 1 fully saturated rings. The molecular formula is C18H18N4O3. The third-order valence-electron chi connectivity index (χ3n) is 3.80. The van der Waals surface area contributed by atoms with E-state index in [9.17, 15) is 4.79 Å². The SMILES string of the molecule is C[C@H]1COCCN1C(=O)Nc1ccc(Oc2cccc(C#N)c2)nc1. The zero-order chi connectivity index (χ0) is 17.6. The van der Waals surface area contributed by atoms with Gasteiger partial charge in [-0.15, -0.1) is 0 Å². The maximum Gasteiger partial charge on any atom is 0.322 e. The Bertz CT molecular complexity index is 786. The fourth-order valence-electron chi connectivity index (χ4n) is 2.49. The number of carbonyl (C=O) groups is 1. The number of ether oxygens (including phenoxy) is 2. The molecule has 128 valence electrons. The first-order valence-corrected chi connectivity index (χ1v) is 7.95. The molecule has 1 aliphatic heterocycles. The van der Waals surface area contributed by atoms with Crippen LogP contribution in [0.1, 0.15) is 12.5 Å². The molecule has 7 heteroatoms. The van der Waals surface area contributed by atoms with Gasteiger partial charge in [-0.05, 0) is 31.2 Å². The van der Waals surface area contributed by atoms with Crippen LogP contribution in [0.3, 0.4) is 0 Å². The van der Waals surface area contributed by atoms with Crippen molar-refractivity contribution >= 4 is 11.7 Å². The van der Waals surface area contributed by atoms with Crippen molar-refractivity contribution in [3.05, 3.63) is 48.2 Å². The van der Waals surface area contributed by atoms with E-state index in [1.54, 1.807) is 41.3 Å². The fourth-order valence-corrected chi connectivity index (χ4v) is 2.49. The lowest BCUT2D eigenvalue weighted by molar-refractivity contribution is 0.0221. The zero-order valence-electron chi connectivity index (χ0n) is 13.8. The molecule has 1 aromatic heterocycles. The number of aromatic nitrogens is 1. The van der Waals surface area contributed by atoms with Gasteiger partial charge in [0.25, 0.3) is 0 Å². The minimum Gasteiger partial charge on any atom is -0.439 e. The van der Waals surface area contributed by atoms with E-state index >= 15 is 0 Å². The molecule has 3 rings (SSSR count). The number of benzene rings is 1. The standard InChI is InChI=1S/C18H18N4O3/c1-13-12-24-8-7-22(13)18(23)21-15-5-6-17(20-11-15)25-16-4-2-3-14(9-16)10-19/h2-6,9,11,13H,7-8,12H2,1H3,(H,21,23)/t13-/m0/s1. The lowest BCUT2D eigenvalue weighted by atomic mass is 10.2. The van der Waals surface area contributed by atoms with Crippen molar-refractivity contribution in [3.8, 4) is 17.7 Å². The summed E-state index contributed by atoms with van der Waals surface area (Å²) in [6.45, 7) is 3.60. The lowest BCUT2D eigenvalue weighted by Crippen LogP contribution is -2.48. The molecule has 1 aromatic carbocycles. The van der Waals surface area contributed by atoms with Crippen molar-refractivity contribution in [1.82, 2.24) is 9.88 Å². The molecule has 2 heterocycles. The number of anilines is 1. The summed E-state index contributed by atoms with van der Waals surface area (Å²) >= 11 is 0. The molecule has 0 bridgehead atoms. The van der Waals surface area contributed by atoms with E-state index < -0.39 is 0 Å². The van der Waals surface area contributed by atoms with Crippen LogP contribution in [0.2, 0.25) is 0 Å². The lowest BCUT2D eigenvalue weighted by Gasteiger charge is -2.33. The summed E-state index contributed by atoms with van der Waals surface area (Å²) < 4.78 is 10.9. The molecule has 0 unspecified atom stereocenters. The predicted octanol–water partition coefficient (Wildman–Crippen LogP) is 3.00. The van der Waals surface area contributed by atoms with Crippen LogP contribution in [0.15, 0.2) is 42.6 Å². The molecule has 1 saturated heterocycles. The van der Waals surface area contributed by atoms with E-state index in [2.05, 4.69) is 16.4 Å². The Morgan fingerprint density at radius 2 is 2.32 bits per heavy atom. The van der Waals surface area contributed by atoms with Crippen LogP contribution in [-0.4, -0.2) is 41.7 Å². The number of hydrogen-bond donors (Lipinski definition) is 1. The maximum atomic E-state index is 12.3. The highest BCUT2D eigenvalue weighted by molar-refractivity contribution is 5.89. The van der Waals surface area contributed by atoms with Gasteiger partial charge in [-0.3, -0.25) is 0 Å². The summed E-state index contributed by atoms with van der Waals surface area (Å²) in [6.07, 6.45) is 1.53. The summed E-state index contributed by atoms with van der Waals surface area (Å²) in [5.41, 5.74) is 1.10. The first-order chi connectivity index (χ1) is 12.2. The quantitative estimate of drug-likeness (QED) is 0.929. The van der Waals surface area contributed by atoms with Gasteiger partial charge in [0.1, 0.15) is 5.75 Å². The minimum atomic E-state index is -0.173. The molecule has 1 N–H and O–H groups in total. The third kappa shape index (κ3) is 4.25. The summed E-state index contributed by atoms with van der Waals surface area (Å²) in [5, 5.41) is 11.7. The van der Waals surface area contributed by atoms with Gasteiger partial charge in [0.2, 0.25) is 5.88 Å². The van der Waals surface area contributed by atoms with Gasteiger partial charge in [0.05, 0.1) is 42.8 Å². The Morgan fingerprint density at radius 3 is 3.04 bits per heavy atom. The monoisotopic (exact) mass is 338 g/mol. The van der Waals surface area contributed by atoms with Gasteiger partial charge in [0, 0.05) is 12.6 Å². The highest BCUT2D eigenvalue weighted by atomic mass is 16.5. The predicted molar refractivity (Wildman–Crippen MR) is 91.5 cm³/mol. The van der Waals surface area contributed by atoms with Crippen LogP contribution in [0.25, 0.3) is 0 Å². The van der Waals surface area contributed by atoms with Crippen molar-refractivity contribution in [3.63, 3.8) is 0 Å². The van der Waals surface area contributed by atoms with Gasteiger partial charge in [-0.25, -0.2) is 9.78 Å². The number of nitriles is 1. The highest BCUT2D eigenvalue weighted by Crippen LogP contribution is 2.21. The highest BCUT2D eigenvalue weighted by Gasteiger charge is 2.23. The summed E-state index contributed by atoms with van der Waals surface area (Å²) in [4.78, 5) is 18.2. The van der Waals surface area contributed by atoms with Crippen molar-refractivity contribution in [2.24, 2.45) is 0 Å². The molecule has 1 atom stereocenters. The molecule has 25 heavy (non-hydrogen) atoms. The van der Waals surface area contributed by atoms with E-state index in [-0.39, 0.29) is 12.1 Å². The van der Waals surface area contributed by atoms with E-state index in [1.807, 2.05) is 6.92 Å². The van der Waals surface area contributed by atoms with E-state index in [0.717, 1.165) is 0 Å². The zero-order valence-corrected chi connectivity index (χ0v) is 13.8. The number of nitrogens with one attached hydrogen (secondary N) is 1. The molecule has 1 aliphatic rings. The second-order valence-corrected chi connectivity index (χ2v) is 5.67. The number of carbonyl (C=O) groups excluding carboxylic acids is 1. The molecule has 7 nitrogen and oxygen atoms in total. The molecule has 0 spiro atoms. The number of rotatable bonds is 3. The van der Waals surface area contributed by atoms with Crippen LogP contribution in [0.5, 0.6) is 11.6 Å². The number of pyridine rings is 1. The first kappa shape index (κ1) is 16.7. The molecule has 0 saturated carbocycles. The molecule has 0 aliphatic carbocycles. The summed E-state index contributed by atoms with van der Waals surface area (Å²) in [6, 6.07) is 12.1. The van der Waals surface area contributed by atoms with Crippen molar-refractivity contribution < 1.29 is 14.3 Å². The van der Waals surface area contributed by atoms with E-state index in [4.69, 9.17) is 14.7 Å². The van der Waals surface area contributed by atoms with Crippen molar-refractivity contribution in [2.45, 2.75) is 13.0 Å². The molecule has 2 aromatic rings. The average Bonchev–Trinajstić information content (AvgIpc) is 2.64. The molecular weight excluding hydrogens is 320 g/mol.